The van der Waals surface area contributed by atoms with E-state index in [0.717, 1.165) is 15.7 Å². The average Bonchev–Trinajstić information content (AvgIpc) is 2.29. The van der Waals surface area contributed by atoms with Crippen LogP contribution in [0.5, 0.6) is 0 Å². The van der Waals surface area contributed by atoms with Gasteiger partial charge in [-0.05, 0) is 18.2 Å². The molecule has 0 aliphatic carbocycles. The molecule has 0 fully saturated rings. The van der Waals surface area contributed by atoms with Crippen molar-refractivity contribution in [1.29, 1.82) is 0 Å². The number of benzene rings is 1. The van der Waals surface area contributed by atoms with Crippen molar-refractivity contribution in [3.63, 3.8) is 0 Å². The lowest BCUT2D eigenvalue weighted by Crippen LogP contribution is -1.96. The molecule has 0 spiro atoms. The molecule has 1 aromatic carbocycles. The highest BCUT2D eigenvalue weighted by atomic mass is 79.9. The van der Waals surface area contributed by atoms with Crippen LogP contribution in [-0.2, 0) is 0 Å². The van der Waals surface area contributed by atoms with E-state index in [1.54, 1.807) is 13.2 Å². The highest BCUT2D eigenvalue weighted by Gasteiger charge is 2.06. The van der Waals surface area contributed by atoms with Crippen LogP contribution in [0.2, 0.25) is 5.02 Å². The van der Waals surface area contributed by atoms with Crippen LogP contribution in [0.1, 0.15) is 0 Å². The first-order valence-electron chi connectivity index (χ1n) is 4.67. The largest absolute Gasteiger partial charge is 0.357 e. The maximum atomic E-state index is 6.15. The zero-order chi connectivity index (χ0) is 11.5. The van der Waals surface area contributed by atoms with Crippen molar-refractivity contribution >= 4 is 33.5 Å². The maximum absolute atomic E-state index is 6.15. The summed E-state index contributed by atoms with van der Waals surface area (Å²) in [5.41, 5.74) is 1.70. The van der Waals surface area contributed by atoms with Crippen LogP contribution >= 0.6 is 27.5 Å². The Morgan fingerprint density at radius 2 is 2.12 bits per heavy atom. The second kappa shape index (κ2) is 4.80. The summed E-state index contributed by atoms with van der Waals surface area (Å²) >= 11 is 9.52. The molecular weight excluding hydrogens is 289 g/mol. The van der Waals surface area contributed by atoms with Gasteiger partial charge in [0.15, 0.2) is 0 Å². The number of hydrogen-bond donors (Lipinski definition) is 1. The monoisotopic (exact) mass is 297 g/mol. The number of halogens is 2. The third-order valence-corrected chi connectivity index (χ3v) is 2.89. The number of nitrogens with one attached hydrogen (secondary N) is 1. The minimum atomic E-state index is 0.580. The fraction of sp³-hybridized carbons (Fsp3) is 0.0909. The van der Waals surface area contributed by atoms with Crippen LogP contribution < -0.4 is 5.32 Å². The van der Waals surface area contributed by atoms with Gasteiger partial charge < -0.3 is 5.32 Å². The Bertz CT molecular complexity index is 516. The number of anilines is 1. The molecule has 1 aromatic heterocycles. The lowest BCUT2D eigenvalue weighted by molar-refractivity contribution is 1.15. The molecule has 2 aromatic rings. The van der Waals surface area contributed by atoms with Gasteiger partial charge in [0.05, 0.1) is 10.7 Å². The zero-order valence-corrected chi connectivity index (χ0v) is 10.9. The topological polar surface area (TPSA) is 37.8 Å². The quantitative estimate of drug-likeness (QED) is 0.920. The van der Waals surface area contributed by atoms with Gasteiger partial charge in [-0.15, -0.1) is 0 Å². The molecule has 0 bridgehead atoms. The summed E-state index contributed by atoms with van der Waals surface area (Å²) in [6.45, 7) is 0. The normalized spacial score (nSPS) is 10.2. The summed E-state index contributed by atoms with van der Waals surface area (Å²) in [7, 11) is 1.78. The second-order valence-electron chi connectivity index (χ2n) is 3.14. The Balaban J connectivity index is 2.49. The molecule has 0 saturated heterocycles. The molecule has 0 aliphatic rings. The van der Waals surface area contributed by atoms with Gasteiger partial charge in [-0.1, -0.05) is 33.6 Å². The van der Waals surface area contributed by atoms with Crippen LogP contribution in [-0.4, -0.2) is 17.0 Å². The van der Waals surface area contributed by atoms with E-state index in [4.69, 9.17) is 11.6 Å². The lowest BCUT2D eigenvalue weighted by Gasteiger charge is -2.05. The van der Waals surface area contributed by atoms with E-state index < -0.39 is 0 Å². The van der Waals surface area contributed by atoms with Gasteiger partial charge in [0.2, 0.25) is 5.95 Å². The first kappa shape index (κ1) is 11.4. The predicted octanol–water partition coefficient (Wildman–Crippen LogP) is 3.60. The van der Waals surface area contributed by atoms with E-state index in [9.17, 15) is 0 Å². The van der Waals surface area contributed by atoms with Gasteiger partial charge in [-0.3, -0.25) is 0 Å². The summed E-state index contributed by atoms with van der Waals surface area (Å²) in [5.74, 6) is 0.580. The van der Waals surface area contributed by atoms with E-state index in [1.807, 2.05) is 24.3 Å². The van der Waals surface area contributed by atoms with Crippen LogP contribution in [0.4, 0.5) is 5.95 Å². The minimum Gasteiger partial charge on any atom is -0.357 e. The van der Waals surface area contributed by atoms with Gasteiger partial charge in [0.25, 0.3) is 0 Å². The molecule has 0 radical (unpaired) electrons. The fourth-order valence-electron chi connectivity index (χ4n) is 1.33. The third kappa shape index (κ3) is 2.33. The van der Waals surface area contributed by atoms with Crippen molar-refractivity contribution in [1.82, 2.24) is 9.97 Å². The van der Waals surface area contributed by atoms with Gasteiger partial charge in [-0.25, -0.2) is 9.97 Å². The molecule has 82 valence electrons. The number of hydrogen-bond acceptors (Lipinski definition) is 3. The summed E-state index contributed by atoms with van der Waals surface area (Å²) in [6, 6.07) is 7.53. The molecule has 0 amide bonds. The van der Waals surface area contributed by atoms with Crippen molar-refractivity contribution in [3.8, 4) is 11.3 Å². The smallest absolute Gasteiger partial charge is 0.222 e. The van der Waals surface area contributed by atoms with Gasteiger partial charge in [0.1, 0.15) is 0 Å². The predicted molar refractivity (Wildman–Crippen MR) is 69.7 cm³/mol. The molecule has 0 aliphatic heterocycles. The summed E-state index contributed by atoms with van der Waals surface area (Å²) in [4.78, 5) is 8.39. The molecule has 16 heavy (non-hydrogen) atoms. The Labute approximate surface area is 107 Å². The Hall–Kier alpha value is -1.13. The van der Waals surface area contributed by atoms with E-state index >= 15 is 0 Å². The molecule has 2 rings (SSSR count). The lowest BCUT2D eigenvalue weighted by atomic mass is 10.1. The molecule has 0 atom stereocenters. The van der Waals surface area contributed by atoms with E-state index in [1.165, 1.54) is 0 Å². The van der Waals surface area contributed by atoms with Crippen LogP contribution in [0.15, 0.2) is 34.9 Å². The summed E-state index contributed by atoms with van der Waals surface area (Å²) in [6.07, 6.45) is 1.70. The first-order chi connectivity index (χ1) is 7.70. The van der Waals surface area contributed by atoms with Crippen molar-refractivity contribution in [2.24, 2.45) is 0 Å². The van der Waals surface area contributed by atoms with E-state index in [-0.39, 0.29) is 0 Å². The zero-order valence-electron chi connectivity index (χ0n) is 8.54. The molecule has 1 N–H and O–H groups in total. The highest BCUT2D eigenvalue weighted by Crippen LogP contribution is 2.29. The van der Waals surface area contributed by atoms with E-state index in [2.05, 4.69) is 31.2 Å². The second-order valence-corrected chi connectivity index (χ2v) is 4.46. The van der Waals surface area contributed by atoms with Crippen molar-refractivity contribution in [2.45, 2.75) is 0 Å². The molecule has 1 heterocycles. The molecule has 3 nitrogen and oxygen atoms in total. The van der Waals surface area contributed by atoms with Gasteiger partial charge in [0, 0.05) is 23.3 Å². The Morgan fingerprint density at radius 1 is 1.31 bits per heavy atom. The minimum absolute atomic E-state index is 0.580. The Morgan fingerprint density at radius 3 is 2.81 bits per heavy atom. The Kier molecular flexibility index (Phi) is 3.41. The van der Waals surface area contributed by atoms with Gasteiger partial charge in [-0.2, -0.15) is 0 Å². The molecular formula is C11H9BrClN3. The van der Waals surface area contributed by atoms with Crippen LogP contribution in [0.3, 0.4) is 0 Å². The van der Waals surface area contributed by atoms with Crippen molar-refractivity contribution in [3.05, 3.63) is 40.0 Å². The molecule has 0 unspecified atom stereocenters. The SMILES string of the molecule is CNc1nccc(-c2ccc(Br)cc2Cl)n1. The summed E-state index contributed by atoms with van der Waals surface area (Å²) < 4.78 is 0.948. The maximum Gasteiger partial charge on any atom is 0.222 e. The number of rotatable bonds is 2. The number of nitrogens with zero attached hydrogens (tertiary/aromatic N) is 2. The standard InChI is InChI=1S/C11H9BrClN3/c1-14-11-15-5-4-10(16-11)8-3-2-7(12)6-9(8)13/h2-6H,1H3,(H,14,15,16). The van der Waals surface area contributed by atoms with Crippen molar-refractivity contribution in [2.75, 3.05) is 12.4 Å². The third-order valence-electron chi connectivity index (χ3n) is 2.09. The van der Waals surface area contributed by atoms with Crippen LogP contribution in [0.25, 0.3) is 11.3 Å². The van der Waals surface area contributed by atoms with Gasteiger partial charge >= 0.3 is 0 Å². The average molecular weight is 299 g/mol. The first-order valence-corrected chi connectivity index (χ1v) is 5.84. The summed E-state index contributed by atoms with van der Waals surface area (Å²) in [5, 5.41) is 3.56. The molecule has 0 saturated carbocycles. The van der Waals surface area contributed by atoms with E-state index in [0.29, 0.717) is 11.0 Å². The highest BCUT2D eigenvalue weighted by molar-refractivity contribution is 9.10. The molecule has 5 heteroatoms. The number of aromatic nitrogens is 2. The fourth-order valence-corrected chi connectivity index (χ4v) is 2.10. The van der Waals surface area contributed by atoms with Crippen molar-refractivity contribution < 1.29 is 0 Å². The van der Waals surface area contributed by atoms with Crippen LogP contribution in [0, 0.1) is 0 Å².